The van der Waals surface area contributed by atoms with Gasteiger partial charge in [-0.2, -0.15) is 0 Å². The molecule has 0 saturated heterocycles. The zero-order valence-corrected chi connectivity index (χ0v) is 24.1. The number of quaternary nitrogens is 1. The summed E-state index contributed by atoms with van der Waals surface area (Å²) in [6.07, 6.45) is 24.8. The molecule has 0 radical (unpaired) electrons. The van der Waals surface area contributed by atoms with Crippen LogP contribution in [0, 0.1) is 0 Å². The molecule has 0 fully saturated rings. The molecule has 0 aromatic carbocycles. The molecule has 7 heteroatoms. The van der Waals surface area contributed by atoms with E-state index in [1.165, 1.54) is 104 Å². The van der Waals surface area contributed by atoms with E-state index in [-0.39, 0.29) is 6.54 Å². The molecule has 0 aliphatic heterocycles. The van der Waals surface area contributed by atoms with E-state index in [0.717, 1.165) is 19.3 Å². The first-order chi connectivity index (χ1) is 17.6. The highest BCUT2D eigenvalue weighted by atomic mass is 16.4. The van der Waals surface area contributed by atoms with Crippen molar-refractivity contribution in [3.8, 4) is 0 Å². The van der Waals surface area contributed by atoms with Crippen molar-refractivity contribution in [2.24, 2.45) is 0 Å². The van der Waals surface area contributed by atoms with Gasteiger partial charge >= 0.3 is 11.9 Å². The normalized spacial score (nSPS) is 15.8. The van der Waals surface area contributed by atoms with E-state index in [1.54, 1.807) is 0 Å². The zero-order valence-electron chi connectivity index (χ0n) is 24.1. The van der Waals surface area contributed by atoms with Crippen LogP contribution in [0.15, 0.2) is 12.2 Å². The van der Waals surface area contributed by atoms with Gasteiger partial charge in [-0.05, 0) is 53.4 Å². The summed E-state index contributed by atoms with van der Waals surface area (Å²) in [6.45, 7) is 6.43. The molecule has 0 aliphatic carbocycles. The maximum Gasteiger partial charge on any atom is 0.362 e. The number of carboxylic acid groups (broad SMARTS) is 3. The van der Waals surface area contributed by atoms with Crippen LogP contribution in [0.5, 0.6) is 0 Å². The highest BCUT2D eigenvalue weighted by Crippen LogP contribution is 2.27. The molecule has 0 heterocycles. The van der Waals surface area contributed by atoms with Gasteiger partial charge in [0.15, 0.2) is 12.1 Å². The van der Waals surface area contributed by atoms with Crippen molar-refractivity contribution in [1.29, 1.82) is 0 Å². The molecule has 37 heavy (non-hydrogen) atoms. The van der Waals surface area contributed by atoms with Crippen LogP contribution in [-0.4, -0.2) is 57.3 Å². The van der Waals surface area contributed by atoms with Crippen LogP contribution in [0.25, 0.3) is 0 Å². The van der Waals surface area contributed by atoms with Crippen LogP contribution in [-0.2, 0) is 14.4 Å². The predicted molar refractivity (Wildman–Crippen MR) is 147 cm³/mol. The molecule has 7 nitrogen and oxygen atoms in total. The van der Waals surface area contributed by atoms with Gasteiger partial charge in [0.25, 0.3) is 0 Å². The van der Waals surface area contributed by atoms with Crippen molar-refractivity contribution < 1.29 is 34.2 Å². The molecule has 0 aromatic rings. The smallest absolute Gasteiger partial charge is 0.362 e. The summed E-state index contributed by atoms with van der Waals surface area (Å²) >= 11 is 0. The van der Waals surface area contributed by atoms with Crippen molar-refractivity contribution in [2.75, 3.05) is 6.54 Å². The van der Waals surface area contributed by atoms with Crippen molar-refractivity contribution in [3.05, 3.63) is 12.2 Å². The lowest BCUT2D eigenvalue weighted by Crippen LogP contribution is -2.72. The summed E-state index contributed by atoms with van der Waals surface area (Å²) in [5, 5.41) is 30.9. The van der Waals surface area contributed by atoms with Crippen LogP contribution in [0.4, 0.5) is 0 Å². The minimum Gasteiger partial charge on any atom is -0.544 e. The largest absolute Gasteiger partial charge is 0.544 e. The van der Waals surface area contributed by atoms with E-state index in [4.69, 9.17) is 0 Å². The molecule has 0 saturated carbocycles. The van der Waals surface area contributed by atoms with Gasteiger partial charge in [-0.15, -0.1) is 0 Å². The molecule has 0 aromatic heterocycles. The predicted octanol–water partition coefficient (Wildman–Crippen LogP) is 6.10. The lowest BCUT2D eigenvalue weighted by atomic mass is 9.99. The Kier molecular flexibility index (Phi) is 20.0. The standard InChI is InChI=1S/C30H55NO6/c1-5-6-7-8-9-10-11-12-13-14-15-16-17-18-19-20-21-22-23-24-31(25(2)28(32)33,26(3)29(34)35)27(4)30(36)37/h5-6,25-27H,7-24H2,1-4H3,(H2-,32,33,34,35,36,37)/b6-5+. The summed E-state index contributed by atoms with van der Waals surface area (Å²) in [5.41, 5.74) is 0. The Balaban J connectivity index is 4.10. The number of carbonyl (C=O) groups excluding carboxylic acids is 1. The molecule has 3 atom stereocenters. The monoisotopic (exact) mass is 525 g/mol. The van der Waals surface area contributed by atoms with E-state index >= 15 is 0 Å². The number of hydrogen-bond acceptors (Lipinski definition) is 4. The maximum atomic E-state index is 11.8. The first kappa shape index (κ1) is 35.1. The van der Waals surface area contributed by atoms with Crippen LogP contribution < -0.4 is 5.11 Å². The van der Waals surface area contributed by atoms with Gasteiger partial charge in [0, 0.05) is 0 Å². The molecule has 0 spiro atoms. The molecule has 0 rings (SSSR count). The van der Waals surface area contributed by atoms with E-state index in [0.29, 0.717) is 6.42 Å². The number of unbranched alkanes of at least 4 members (excludes halogenated alkanes) is 16. The maximum absolute atomic E-state index is 11.8. The third-order valence-corrected chi connectivity index (χ3v) is 8.12. The van der Waals surface area contributed by atoms with Crippen LogP contribution in [0.3, 0.4) is 0 Å². The first-order valence-corrected chi connectivity index (χ1v) is 14.8. The number of aliphatic carboxylic acids is 3. The highest BCUT2D eigenvalue weighted by Gasteiger charge is 2.50. The molecule has 2 N–H and O–H groups in total. The Morgan fingerprint density at radius 3 is 1.24 bits per heavy atom. The average Bonchev–Trinajstić information content (AvgIpc) is 2.86. The van der Waals surface area contributed by atoms with Gasteiger partial charge in [-0.1, -0.05) is 95.6 Å². The molecule has 0 amide bonds. The molecule has 3 unspecified atom stereocenters. The second kappa shape index (κ2) is 21.1. The third kappa shape index (κ3) is 14.0. The topological polar surface area (TPSA) is 115 Å². The molecule has 216 valence electrons. The quantitative estimate of drug-likeness (QED) is 0.0846. The zero-order chi connectivity index (χ0) is 28.1. The summed E-state index contributed by atoms with van der Waals surface area (Å²) in [7, 11) is 0. The van der Waals surface area contributed by atoms with Crippen LogP contribution in [0.1, 0.15) is 137 Å². The van der Waals surface area contributed by atoms with Crippen molar-refractivity contribution in [1.82, 2.24) is 0 Å². The van der Waals surface area contributed by atoms with Crippen molar-refractivity contribution in [2.45, 2.75) is 155 Å². The van der Waals surface area contributed by atoms with Gasteiger partial charge in [0.1, 0.15) is 6.04 Å². The van der Waals surface area contributed by atoms with Crippen molar-refractivity contribution in [3.63, 3.8) is 0 Å². The van der Waals surface area contributed by atoms with Gasteiger partial charge in [-0.25, -0.2) is 9.59 Å². The van der Waals surface area contributed by atoms with E-state index in [1.807, 2.05) is 0 Å². The minimum atomic E-state index is -1.42. The number of allylic oxidation sites excluding steroid dienone is 2. The van der Waals surface area contributed by atoms with Gasteiger partial charge < -0.3 is 20.1 Å². The van der Waals surface area contributed by atoms with Gasteiger partial charge in [0.05, 0.1) is 12.5 Å². The fourth-order valence-corrected chi connectivity index (χ4v) is 5.48. The van der Waals surface area contributed by atoms with Gasteiger partial charge in [0.2, 0.25) is 0 Å². The second-order valence-electron chi connectivity index (χ2n) is 10.8. The van der Waals surface area contributed by atoms with E-state index in [9.17, 15) is 29.7 Å². The SMILES string of the molecule is C/C=C/CCCCCCCCCCCCCCCCCC[N+](C(C)C(=O)[O-])(C(C)C(=O)O)C(C)C(=O)O. The summed E-state index contributed by atoms with van der Waals surface area (Å²) in [5.74, 6) is -3.81. The number of hydrogen-bond donors (Lipinski definition) is 2. The van der Waals surface area contributed by atoms with Crippen LogP contribution in [0.2, 0.25) is 0 Å². The number of nitrogens with zero attached hydrogens (tertiary/aromatic N) is 1. The molecule has 0 aliphatic rings. The van der Waals surface area contributed by atoms with Crippen LogP contribution >= 0.6 is 0 Å². The minimum absolute atomic E-state index is 0.187. The van der Waals surface area contributed by atoms with Crippen molar-refractivity contribution >= 4 is 17.9 Å². The lowest BCUT2D eigenvalue weighted by molar-refractivity contribution is -0.969. The second-order valence-corrected chi connectivity index (χ2v) is 10.8. The Morgan fingerprint density at radius 2 is 0.946 bits per heavy atom. The highest BCUT2D eigenvalue weighted by molar-refractivity contribution is 5.76. The Morgan fingerprint density at radius 1 is 0.622 bits per heavy atom. The molecule has 0 bridgehead atoms. The molecular weight excluding hydrogens is 470 g/mol. The average molecular weight is 526 g/mol. The van der Waals surface area contributed by atoms with E-state index in [2.05, 4.69) is 19.1 Å². The lowest BCUT2D eigenvalue weighted by Gasteiger charge is -2.49. The van der Waals surface area contributed by atoms with E-state index < -0.39 is 40.5 Å². The Bertz CT molecular complexity index is 612. The summed E-state index contributed by atoms with van der Waals surface area (Å²) < 4.78 is -0.538. The summed E-state index contributed by atoms with van der Waals surface area (Å²) in [4.78, 5) is 35.2. The number of rotatable bonds is 25. The molecular formula is C30H55NO6. The Hall–Kier alpha value is -1.89. The summed E-state index contributed by atoms with van der Waals surface area (Å²) in [6, 6.07) is -3.55. The fourth-order valence-electron chi connectivity index (χ4n) is 5.48. The third-order valence-electron chi connectivity index (χ3n) is 8.12. The number of carbonyl (C=O) groups is 3. The Labute approximate surface area is 225 Å². The van der Waals surface area contributed by atoms with Gasteiger partial charge in [-0.3, -0.25) is 4.48 Å². The fraction of sp³-hybridized carbons (Fsp3) is 0.833. The first-order valence-electron chi connectivity index (χ1n) is 14.8. The number of carboxylic acids is 3.